The van der Waals surface area contributed by atoms with E-state index in [4.69, 9.17) is 10.2 Å². The smallest absolute Gasteiger partial charge is 0.261 e. The summed E-state index contributed by atoms with van der Waals surface area (Å²) in [7, 11) is 0. The van der Waals surface area contributed by atoms with Gasteiger partial charge in [0.1, 0.15) is 10.5 Å². The van der Waals surface area contributed by atoms with Crippen molar-refractivity contribution in [1.82, 2.24) is 15.3 Å². The molecule has 0 saturated carbocycles. The van der Waals surface area contributed by atoms with E-state index >= 15 is 0 Å². The van der Waals surface area contributed by atoms with Crippen LogP contribution in [0.4, 0.5) is 5.95 Å². The number of hydrogen-bond donors (Lipinski definition) is 3. The Labute approximate surface area is 134 Å². The number of nitrogens with one attached hydrogen (secondary N) is 1. The van der Waals surface area contributed by atoms with E-state index in [1.165, 1.54) is 17.6 Å². The highest BCUT2D eigenvalue weighted by molar-refractivity contribution is 7.20. The van der Waals surface area contributed by atoms with Crippen molar-refractivity contribution in [2.75, 3.05) is 12.3 Å². The summed E-state index contributed by atoms with van der Waals surface area (Å²) < 4.78 is 5.25. The molecular weight excluding hydrogens is 318 g/mol. The van der Waals surface area contributed by atoms with Crippen molar-refractivity contribution in [3.05, 3.63) is 40.8 Å². The summed E-state index contributed by atoms with van der Waals surface area (Å²) in [6.45, 7) is 2.35. The molecule has 0 spiro atoms. The highest BCUT2D eigenvalue weighted by Gasteiger charge is 2.21. The second kappa shape index (κ2) is 6.05. The summed E-state index contributed by atoms with van der Waals surface area (Å²) in [6, 6.07) is 4.94. The number of nitrogen functional groups attached to an aromatic ring is 1. The number of amides is 1. The van der Waals surface area contributed by atoms with E-state index < -0.39 is 0 Å². The van der Waals surface area contributed by atoms with Gasteiger partial charge in [0, 0.05) is 11.9 Å². The van der Waals surface area contributed by atoms with Gasteiger partial charge in [-0.25, -0.2) is 9.97 Å². The van der Waals surface area contributed by atoms with Crippen molar-refractivity contribution in [3.8, 4) is 0 Å². The molecule has 118 valence electrons. The van der Waals surface area contributed by atoms with E-state index in [0.29, 0.717) is 33.1 Å². The Morgan fingerprint density at radius 1 is 1.52 bits per heavy atom. The van der Waals surface area contributed by atoms with Gasteiger partial charge in [0.25, 0.3) is 5.91 Å². The van der Waals surface area contributed by atoms with Crippen LogP contribution >= 0.6 is 11.3 Å². The average molecular weight is 331 g/mol. The Morgan fingerprint density at radius 3 is 3.00 bits per heavy atom. The highest BCUT2D eigenvalue weighted by atomic mass is 32.1. The summed E-state index contributed by atoms with van der Waals surface area (Å²) in [5.41, 5.74) is 6.15. The number of fused-ring (bicyclic) bond motifs is 1. The summed E-state index contributed by atoms with van der Waals surface area (Å²) in [5, 5.41) is 15.9. The van der Waals surface area contributed by atoms with Gasteiger partial charge in [-0.3, -0.25) is 4.79 Å². The van der Waals surface area contributed by atoms with Crippen LogP contribution in [0.5, 0.6) is 0 Å². The van der Waals surface area contributed by atoms with Gasteiger partial charge in [0.2, 0.25) is 5.95 Å². The first-order chi connectivity index (χ1) is 11.1. The van der Waals surface area contributed by atoms with Crippen molar-refractivity contribution in [2.45, 2.75) is 6.92 Å². The molecule has 0 aliphatic rings. The minimum atomic E-state index is -0.208. The van der Waals surface area contributed by atoms with Crippen LogP contribution in [0.3, 0.4) is 0 Å². The number of hydrogen-bond acceptors (Lipinski definition) is 8. The molecule has 9 heteroatoms. The molecule has 4 N–H and O–H groups in total. The van der Waals surface area contributed by atoms with Crippen molar-refractivity contribution in [2.24, 2.45) is 5.16 Å². The minimum Gasteiger partial charge on any atom is -0.463 e. The Morgan fingerprint density at radius 2 is 2.35 bits per heavy atom. The van der Waals surface area contributed by atoms with Crippen LogP contribution in [-0.2, 0) is 0 Å². The van der Waals surface area contributed by atoms with Crippen LogP contribution in [0, 0.1) is 0 Å². The Bertz CT molecular complexity index is 885. The molecule has 0 unspecified atom stereocenters. The van der Waals surface area contributed by atoms with Gasteiger partial charge >= 0.3 is 0 Å². The first kappa shape index (κ1) is 15.0. The number of carbonyl (C=O) groups is 1. The second-order valence-electron chi connectivity index (χ2n) is 4.55. The molecular formula is C14H13N5O3S. The van der Waals surface area contributed by atoms with Crippen LogP contribution < -0.4 is 11.1 Å². The molecule has 23 heavy (non-hydrogen) atoms. The standard InChI is InChI=1S/C14H13N5O3S/c1-2-16-12(20)9-6-7-10(17-14(15)18-13(7)23-9)11(19-21)8-4-3-5-22-8/h3-6,21H,2H2,1H3,(H,16,20)(H2,15,17,18). The minimum absolute atomic E-state index is 0.0181. The number of oxime groups is 1. The largest absolute Gasteiger partial charge is 0.463 e. The zero-order chi connectivity index (χ0) is 16.4. The van der Waals surface area contributed by atoms with E-state index in [9.17, 15) is 10.0 Å². The Balaban J connectivity index is 2.18. The third-order valence-corrected chi connectivity index (χ3v) is 4.08. The van der Waals surface area contributed by atoms with Gasteiger partial charge in [-0.2, -0.15) is 0 Å². The van der Waals surface area contributed by atoms with Gasteiger partial charge in [-0.15, -0.1) is 11.3 Å². The number of nitrogens with zero attached hydrogens (tertiary/aromatic N) is 3. The van der Waals surface area contributed by atoms with Gasteiger partial charge in [0.15, 0.2) is 11.5 Å². The summed E-state index contributed by atoms with van der Waals surface area (Å²) >= 11 is 1.19. The lowest BCUT2D eigenvalue weighted by Crippen LogP contribution is -2.21. The van der Waals surface area contributed by atoms with Gasteiger partial charge in [0.05, 0.1) is 11.1 Å². The molecule has 0 saturated heterocycles. The maximum absolute atomic E-state index is 12.0. The quantitative estimate of drug-likeness (QED) is 0.380. The van der Waals surface area contributed by atoms with E-state index in [-0.39, 0.29) is 17.6 Å². The molecule has 1 amide bonds. The number of nitrogens with two attached hydrogens (primary N) is 1. The normalized spacial score (nSPS) is 11.8. The fraction of sp³-hybridized carbons (Fsp3) is 0.143. The molecule has 3 aromatic heterocycles. The Kier molecular flexibility index (Phi) is 3.94. The summed E-state index contributed by atoms with van der Waals surface area (Å²) in [6.07, 6.45) is 1.45. The van der Waals surface area contributed by atoms with Crippen molar-refractivity contribution in [3.63, 3.8) is 0 Å². The zero-order valence-corrected chi connectivity index (χ0v) is 12.9. The molecule has 0 aliphatic carbocycles. The maximum Gasteiger partial charge on any atom is 0.261 e. The lowest BCUT2D eigenvalue weighted by Gasteiger charge is -2.03. The van der Waals surface area contributed by atoms with E-state index in [1.54, 1.807) is 18.2 Å². The number of rotatable bonds is 4. The SMILES string of the molecule is CCNC(=O)c1cc2c(C(=NO)c3ccco3)nc(N)nc2s1. The van der Waals surface area contributed by atoms with Crippen LogP contribution in [0.2, 0.25) is 0 Å². The van der Waals surface area contributed by atoms with Crippen molar-refractivity contribution >= 4 is 39.1 Å². The fourth-order valence-electron chi connectivity index (χ4n) is 2.10. The molecule has 0 aromatic carbocycles. The predicted molar refractivity (Wildman–Crippen MR) is 86.0 cm³/mol. The second-order valence-corrected chi connectivity index (χ2v) is 5.58. The van der Waals surface area contributed by atoms with Gasteiger partial charge in [-0.05, 0) is 25.1 Å². The first-order valence-corrected chi connectivity index (χ1v) is 7.57. The van der Waals surface area contributed by atoms with E-state index in [0.717, 1.165) is 0 Å². The molecule has 0 atom stereocenters. The zero-order valence-electron chi connectivity index (χ0n) is 12.1. The van der Waals surface area contributed by atoms with Crippen LogP contribution in [0.15, 0.2) is 34.0 Å². The molecule has 0 fully saturated rings. The number of thiophene rings is 1. The predicted octanol–water partition coefficient (Wildman–Crippen LogP) is 1.84. The van der Waals surface area contributed by atoms with Crippen molar-refractivity contribution < 1.29 is 14.4 Å². The van der Waals surface area contributed by atoms with Crippen LogP contribution in [0.25, 0.3) is 10.2 Å². The number of aromatic nitrogens is 2. The monoisotopic (exact) mass is 331 g/mol. The molecule has 3 heterocycles. The van der Waals surface area contributed by atoms with Crippen molar-refractivity contribution in [1.29, 1.82) is 0 Å². The Hall–Kier alpha value is -2.94. The van der Waals surface area contributed by atoms with Crippen LogP contribution in [0.1, 0.15) is 28.0 Å². The molecule has 0 aliphatic heterocycles. The molecule has 0 bridgehead atoms. The third-order valence-electron chi connectivity index (χ3n) is 3.05. The third kappa shape index (κ3) is 2.73. The lowest BCUT2D eigenvalue weighted by molar-refractivity contribution is 0.0960. The number of anilines is 1. The highest BCUT2D eigenvalue weighted by Crippen LogP contribution is 2.28. The topological polar surface area (TPSA) is 127 Å². The lowest BCUT2D eigenvalue weighted by atomic mass is 10.1. The molecule has 3 rings (SSSR count). The molecule has 3 aromatic rings. The first-order valence-electron chi connectivity index (χ1n) is 6.75. The summed E-state index contributed by atoms with van der Waals surface area (Å²) in [4.78, 5) is 21.3. The van der Waals surface area contributed by atoms with E-state index in [2.05, 4.69) is 20.4 Å². The maximum atomic E-state index is 12.0. The summed E-state index contributed by atoms with van der Waals surface area (Å²) in [5.74, 6) is 0.141. The van der Waals surface area contributed by atoms with Crippen LogP contribution in [-0.4, -0.2) is 33.3 Å². The van der Waals surface area contributed by atoms with Gasteiger partial charge < -0.3 is 20.7 Å². The average Bonchev–Trinajstić information content (AvgIpc) is 3.17. The fourth-order valence-corrected chi connectivity index (χ4v) is 3.06. The van der Waals surface area contributed by atoms with Gasteiger partial charge in [-0.1, -0.05) is 5.16 Å². The van der Waals surface area contributed by atoms with E-state index in [1.807, 2.05) is 6.92 Å². The number of furan rings is 1. The number of carbonyl (C=O) groups excluding carboxylic acids is 1. The molecule has 0 radical (unpaired) electrons. The molecule has 8 nitrogen and oxygen atoms in total.